The number of hydrogen-bond donors (Lipinski definition) is 3. The van der Waals surface area contributed by atoms with Crippen LogP contribution in [0.4, 0.5) is 0 Å². The minimum atomic E-state index is -4.21. The number of hydrogen-bond acceptors (Lipinski definition) is 6. The molecule has 3 N–H and O–H groups in total. The highest BCUT2D eigenvalue weighted by molar-refractivity contribution is 7.80. The average Bonchev–Trinajstić information content (AvgIpc) is 2.97. The Morgan fingerprint density at radius 3 is 0.972 bits per heavy atom. The highest BCUT2D eigenvalue weighted by Gasteiger charge is 2.01. The molecule has 0 saturated carbocycles. The molecule has 0 bridgehead atoms. The molecule has 0 aliphatic heterocycles. The zero-order valence-electron chi connectivity index (χ0n) is 24.1. The van der Waals surface area contributed by atoms with Crippen LogP contribution in [0.15, 0.2) is 105 Å². The van der Waals surface area contributed by atoms with Gasteiger partial charge in [0.2, 0.25) is 0 Å². The first-order chi connectivity index (χ1) is 17.4. The van der Waals surface area contributed by atoms with Crippen molar-refractivity contribution in [3.63, 3.8) is 0 Å². The fourth-order valence-corrected chi connectivity index (χ4v) is 1.23. The molecule has 0 fully saturated rings. The van der Waals surface area contributed by atoms with E-state index in [2.05, 4.69) is 116 Å². The molecule has 0 aromatic rings. The molecule has 8 heteroatoms. The van der Waals surface area contributed by atoms with Crippen LogP contribution >= 0.6 is 0 Å². The lowest BCUT2D eigenvalue weighted by atomic mass is 10.2. The van der Waals surface area contributed by atoms with Crippen molar-refractivity contribution in [3.8, 4) is 0 Å². The van der Waals surface area contributed by atoms with Gasteiger partial charge in [-0.3, -0.25) is 4.55 Å². The van der Waals surface area contributed by atoms with Gasteiger partial charge in [-0.05, 0) is 20.3 Å². The van der Waals surface area contributed by atoms with Crippen molar-refractivity contribution >= 4 is 10.4 Å². The van der Waals surface area contributed by atoms with Crippen molar-refractivity contribution in [2.75, 3.05) is 33.0 Å². The average molecular weight is 543 g/mol. The third kappa shape index (κ3) is 396. The fourth-order valence-electron chi connectivity index (χ4n) is 0.897. The number of ether oxygens (including phenoxy) is 1. The standard InChI is InChI=1S/C6H14O4S.C4H10O.C2H6O2.8C2H4/c1-2-3-4-5-6-10-11(7,8)9;1-3-5-4-2;3-1-2-4;8*1-2/h2-6H2,1H3,(H,7,8,9);3-4H2,1-2H3;3-4H,1-2H2;8*1-2H2. The predicted octanol–water partition coefficient (Wildman–Crippen LogP) is 7.82. The topological polar surface area (TPSA) is 113 Å². The molecule has 0 amide bonds. The summed E-state index contributed by atoms with van der Waals surface area (Å²) in [6.45, 7) is 55.6. The van der Waals surface area contributed by atoms with Crippen LogP contribution in [0.5, 0.6) is 0 Å². The third-order valence-corrected chi connectivity index (χ3v) is 2.20. The maximum absolute atomic E-state index is 10.00. The number of unbranched alkanes of at least 4 members (excludes halogenated alkanes) is 3. The van der Waals surface area contributed by atoms with E-state index in [0.717, 1.165) is 32.5 Å². The Morgan fingerprint density at radius 1 is 0.556 bits per heavy atom. The van der Waals surface area contributed by atoms with Crippen LogP contribution < -0.4 is 0 Å². The van der Waals surface area contributed by atoms with Crippen LogP contribution in [0.25, 0.3) is 0 Å². The second-order valence-electron chi connectivity index (χ2n) is 3.54. The minimum absolute atomic E-state index is 0.0822. The first kappa shape index (κ1) is 69.9. The van der Waals surface area contributed by atoms with Crippen molar-refractivity contribution in [1.29, 1.82) is 0 Å². The summed E-state index contributed by atoms with van der Waals surface area (Å²) in [4.78, 5) is 0. The SMILES string of the molecule is C=C.C=C.C=C.C=C.C=C.C=C.C=C.C=C.CCCCCCOS(=O)(=O)O.CCOCC.OCCO. The van der Waals surface area contributed by atoms with Gasteiger partial charge in [0.15, 0.2) is 0 Å². The molecule has 36 heavy (non-hydrogen) atoms. The lowest BCUT2D eigenvalue weighted by Gasteiger charge is -1.98. The summed E-state index contributed by atoms with van der Waals surface area (Å²) < 4.78 is 37.1. The van der Waals surface area contributed by atoms with Gasteiger partial charge in [-0.15, -0.1) is 105 Å². The van der Waals surface area contributed by atoms with Gasteiger partial charge in [0.1, 0.15) is 0 Å². The van der Waals surface area contributed by atoms with Crippen molar-refractivity contribution in [2.45, 2.75) is 46.5 Å². The molecule has 0 aliphatic carbocycles. The van der Waals surface area contributed by atoms with Crippen LogP contribution in [0.2, 0.25) is 0 Å². The number of rotatable bonds is 9. The van der Waals surface area contributed by atoms with Crippen LogP contribution in [0.3, 0.4) is 0 Å². The first-order valence-corrected chi connectivity index (χ1v) is 12.2. The number of aliphatic hydroxyl groups is 2. The monoisotopic (exact) mass is 542 g/mol. The quantitative estimate of drug-likeness (QED) is 0.155. The smallest absolute Gasteiger partial charge is 0.394 e. The maximum Gasteiger partial charge on any atom is 0.397 e. The van der Waals surface area contributed by atoms with E-state index >= 15 is 0 Å². The zero-order chi connectivity index (χ0) is 32.3. The molecule has 0 aromatic heterocycles. The summed E-state index contributed by atoms with van der Waals surface area (Å²) in [7, 11) is -4.21. The van der Waals surface area contributed by atoms with Gasteiger partial charge < -0.3 is 14.9 Å². The Morgan fingerprint density at radius 2 is 0.833 bits per heavy atom. The van der Waals surface area contributed by atoms with Crippen LogP contribution in [0.1, 0.15) is 46.5 Å². The van der Waals surface area contributed by atoms with Crippen molar-refractivity contribution in [3.05, 3.63) is 105 Å². The molecule has 0 atom stereocenters. The summed E-state index contributed by atoms with van der Waals surface area (Å²) in [5, 5.41) is 15.2. The first-order valence-electron chi connectivity index (χ1n) is 10.8. The lowest BCUT2D eigenvalue weighted by molar-refractivity contribution is 0.162. The predicted molar refractivity (Wildman–Crippen MR) is 168 cm³/mol. The Kier molecular flexibility index (Phi) is 296. The molecular weight excluding hydrogens is 480 g/mol. The van der Waals surface area contributed by atoms with Gasteiger partial charge in [0.25, 0.3) is 0 Å². The van der Waals surface area contributed by atoms with E-state index in [1.165, 1.54) is 0 Å². The number of aliphatic hydroxyl groups excluding tert-OH is 2. The molecule has 0 radical (unpaired) electrons. The van der Waals surface area contributed by atoms with Gasteiger partial charge in [0, 0.05) is 13.2 Å². The molecule has 0 aliphatic rings. The molecule has 0 saturated heterocycles. The van der Waals surface area contributed by atoms with E-state index in [1.807, 2.05) is 13.8 Å². The normalized spacial score (nSPS) is 6.50. The molecule has 0 unspecified atom stereocenters. The van der Waals surface area contributed by atoms with Crippen LogP contribution in [-0.2, 0) is 19.3 Å². The summed E-state index contributed by atoms with van der Waals surface area (Å²) in [5.41, 5.74) is 0. The minimum Gasteiger partial charge on any atom is -0.394 e. The summed E-state index contributed by atoms with van der Waals surface area (Å²) in [6, 6.07) is 0. The van der Waals surface area contributed by atoms with E-state index in [1.54, 1.807) is 0 Å². The summed E-state index contributed by atoms with van der Waals surface area (Å²) in [6.07, 6.45) is 3.76. The van der Waals surface area contributed by atoms with Crippen LogP contribution in [0, 0.1) is 0 Å². The molecule has 0 heterocycles. The molecule has 0 spiro atoms. The Balaban J connectivity index is -0.0000000238. The molecule has 0 aromatic carbocycles. The molecular formula is C28H62O7S. The molecule has 222 valence electrons. The largest absolute Gasteiger partial charge is 0.397 e. The maximum atomic E-state index is 10.00. The molecule has 0 rings (SSSR count). The summed E-state index contributed by atoms with van der Waals surface area (Å²) in [5.74, 6) is 0. The van der Waals surface area contributed by atoms with Gasteiger partial charge in [0.05, 0.1) is 19.8 Å². The van der Waals surface area contributed by atoms with E-state index < -0.39 is 10.4 Å². The molecule has 7 nitrogen and oxygen atoms in total. The van der Waals surface area contributed by atoms with E-state index in [4.69, 9.17) is 19.5 Å². The van der Waals surface area contributed by atoms with Gasteiger partial charge in [-0.25, -0.2) is 4.18 Å². The van der Waals surface area contributed by atoms with Crippen LogP contribution in [-0.4, -0.2) is 56.2 Å². The van der Waals surface area contributed by atoms with Crippen molar-refractivity contribution < 1.29 is 32.1 Å². The van der Waals surface area contributed by atoms with E-state index in [0.29, 0.717) is 6.42 Å². The van der Waals surface area contributed by atoms with E-state index in [-0.39, 0.29) is 19.8 Å². The summed E-state index contributed by atoms with van der Waals surface area (Å²) >= 11 is 0. The highest BCUT2D eigenvalue weighted by atomic mass is 32.3. The Labute approximate surface area is 227 Å². The van der Waals surface area contributed by atoms with Crippen molar-refractivity contribution in [1.82, 2.24) is 0 Å². The van der Waals surface area contributed by atoms with Crippen molar-refractivity contribution in [2.24, 2.45) is 0 Å². The third-order valence-electron chi connectivity index (χ3n) is 1.74. The second kappa shape index (κ2) is 152. The van der Waals surface area contributed by atoms with Gasteiger partial charge >= 0.3 is 10.4 Å². The van der Waals surface area contributed by atoms with E-state index in [9.17, 15) is 8.42 Å². The van der Waals surface area contributed by atoms with Gasteiger partial charge in [-0.2, -0.15) is 8.42 Å². The van der Waals surface area contributed by atoms with Gasteiger partial charge in [-0.1, -0.05) is 26.2 Å². The lowest BCUT2D eigenvalue weighted by Crippen LogP contribution is -2.04. The Bertz CT molecular complexity index is 324. The highest BCUT2D eigenvalue weighted by Crippen LogP contribution is 1.99. The zero-order valence-corrected chi connectivity index (χ0v) is 24.9. The second-order valence-corrected chi connectivity index (χ2v) is 4.63. The Hall–Kier alpha value is -2.33. The fraction of sp³-hybridized carbons (Fsp3) is 0.429.